The summed E-state index contributed by atoms with van der Waals surface area (Å²) in [4.78, 5) is 12.5. The Morgan fingerprint density at radius 1 is 0.893 bits per heavy atom. The van der Waals surface area contributed by atoms with Crippen LogP contribution in [0.5, 0.6) is 0 Å². The van der Waals surface area contributed by atoms with Gasteiger partial charge in [0.1, 0.15) is 0 Å². The lowest BCUT2D eigenvalue weighted by molar-refractivity contribution is 0.102. The summed E-state index contributed by atoms with van der Waals surface area (Å²) in [6.45, 7) is 0.137. The molecule has 144 valence electrons. The number of nitrogens with one attached hydrogen (secondary N) is 2. The molecule has 0 aliphatic carbocycles. The number of carbonyl (C=O) groups is 1. The van der Waals surface area contributed by atoms with Crippen molar-refractivity contribution in [3.8, 4) is 0 Å². The Morgan fingerprint density at radius 3 is 2.25 bits per heavy atom. The largest absolute Gasteiger partial charge is 0.322 e. The van der Waals surface area contributed by atoms with Crippen LogP contribution in [0.15, 0.2) is 77.7 Å². The van der Waals surface area contributed by atoms with E-state index in [2.05, 4.69) is 10.0 Å². The zero-order chi connectivity index (χ0) is 20.1. The van der Waals surface area contributed by atoms with Crippen LogP contribution in [0.25, 0.3) is 0 Å². The van der Waals surface area contributed by atoms with Crippen LogP contribution in [0.3, 0.4) is 0 Å². The minimum Gasteiger partial charge on any atom is -0.322 e. The molecule has 0 fully saturated rings. The van der Waals surface area contributed by atoms with E-state index in [1.54, 1.807) is 24.3 Å². The second-order valence-electron chi connectivity index (χ2n) is 5.91. The molecule has 0 saturated carbocycles. The first-order chi connectivity index (χ1) is 13.3. The van der Waals surface area contributed by atoms with E-state index >= 15 is 0 Å². The van der Waals surface area contributed by atoms with Crippen molar-refractivity contribution >= 4 is 44.8 Å². The van der Waals surface area contributed by atoms with E-state index in [-0.39, 0.29) is 22.0 Å². The van der Waals surface area contributed by atoms with Crippen LogP contribution >= 0.6 is 23.2 Å². The van der Waals surface area contributed by atoms with Crippen LogP contribution < -0.4 is 10.0 Å². The maximum absolute atomic E-state index is 12.6. The molecule has 2 N–H and O–H groups in total. The molecule has 3 aromatic rings. The standard InChI is InChI=1S/C20H16Cl2N2O3S/c21-15-6-8-16(9-7-15)24-20(25)18-12-17(10-11-19(18)22)28(26,27)23-13-14-4-2-1-3-5-14/h1-12,23H,13H2,(H,24,25). The number of halogens is 2. The van der Waals surface area contributed by atoms with Crippen molar-refractivity contribution in [2.45, 2.75) is 11.4 Å². The van der Waals surface area contributed by atoms with Crippen LogP contribution in [0, 0.1) is 0 Å². The van der Waals surface area contributed by atoms with Crippen molar-refractivity contribution in [3.63, 3.8) is 0 Å². The number of hydrogen-bond donors (Lipinski definition) is 2. The van der Waals surface area contributed by atoms with Gasteiger partial charge in [-0.15, -0.1) is 0 Å². The van der Waals surface area contributed by atoms with Gasteiger partial charge in [-0.3, -0.25) is 4.79 Å². The van der Waals surface area contributed by atoms with Gasteiger partial charge in [0, 0.05) is 17.3 Å². The van der Waals surface area contributed by atoms with Crippen LogP contribution in [-0.2, 0) is 16.6 Å². The van der Waals surface area contributed by atoms with E-state index in [0.717, 1.165) is 5.56 Å². The third-order valence-electron chi connectivity index (χ3n) is 3.90. The molecule has 0 spiro atoms. The highest BCUT2D eigenvalue weighted by atomic mass is 35.5. The van der Waals surface area contributed by atoms with Crippen LogP contribution in [0.4, 0.5) is 5.69 Å². The van der Waals surface area contributed by atoms with Crippen molar-refractivity contribution < 1.29 is 13.2 Å². The van der Waals surface area contributed by atoms with Gasteiger partial charge in [0.2, 0.25) is 10.0 Å². The van der Waals surface area contributed by atoms with Crippen molar-refractivity contribution in [1.82, 2.24) is 4.72 Å². The van der Waals surface area contributed by atoms with Crippen LogP contribution in [0.2, 0.25) is 10.0 Å². The van der Waals surface area contributed by atoms with E-state index in [0.29, 0.717) is 10.7 Å². The molecule has 0 bridgehead atoms. The molecular weight excluding hydrogens is 419 g/mol. The second-order valence-corrected chi connectivity index (χ2v) is 8.52. The van der Waals surface area contributed by atoms with Gasteiger partial charge >= 0.3 is 0 Å². The average Bonchev–Trinajstić information content (AvgIpc) is 2.69. The van der Waals surface area contributed by atoms with E-state index < -0.39 is 15.9 Å². The molecule has 0 radical (unpaired) electrons. The maximum atomic E-state index is 12.6. The molecule has 3 aromatic carbocycles. The van der Waals surface area contributed by atoms with Crippen molar-refractivity contribution in [2.75, 3.05) is 5.32 Å². The van der Waals surface area contributed by atoms with Crippen molar-refractivity contribution in [2.24, 2.45) is 0 Å². The lowest BCUT2D eigenvalue weighted by Gasteiger charge is -2.11. The van der Waals surface area contributed by atoms with Gasteiger partial charge in [0.05, 0.1) is 15.5 Å². The molecule has 8 heteroatoms. The summed E-state index contributed by atoms with van der Waals surface area (Å²) in [5, 5.41) is 3.35. The number of carbonyl (C=O) groups excluding carboxylic acids is 1. The summed E-state index contributed by atoms with van der Waals surface area (Å²) in [6, 6.07) is 19.7. The first-order valence-corrected chi connectivity index (χ1v) is 10.5. The molecule has 0 unspecified atom stereocenters. The van der Waals surface area contributed by atoms with Crippen LogP contribution in [0.1, 0.15) is 15.9 Å². The van der Waals surface area contributed by atoms with Gasteiger partial charge in [0.15, 0.2) is 0 Å². The Kier molecular flexibility index (Phi) is 6.36. The summed E-state index contributed by atoms with van der Waals surface area (Å²) in [7, 11) is -3.82. The lowest BCUT2D eigenvalue weighted by atomic mass is 10.2. The molecular formula is C20H16Cl2N2O3S. The number of amides is 1. The number of rotatable bonds is 6. The highest BCUT2D eigenvalue weighted by Gasteiger charge is 2.19. The highest BCUT2D eigenvalue weighted by molar-refractivity contribution is 7.89. The zero-order valence-electron chi connectivity index (χ0n) is 14.5. The predicted molar refractivity (Wildman–Crippen MR) is 111 cm³/mol. The minimum atomic E-state index is -3.82. The third-order valence-corrected chi connectivity index (χ3v) is 5.88. The molecule has 0 heterocycles. The summed E-state index contributed by atoms with van der Waals surface area (Å²) < 4.78 is 27.7. The van der Waals surface area contributed by atoms with E-state index in [1.807, 2.05) is 30.3 Å². The fourth-order valence-corrected chi connectivity index (χ4v) is 3.81. The molecule has 28 heavy (non-hydrogen) atoms. The van der Waals surface area contributed by atoms with Crippen molar-refractivity contribution in [3.05, 3.63) is 94.0 Å². The Bertz CT molecular complexity index is 1090. The summed E-state index contributed by atoms with van der Waals surface area (Å²) in [6.07, 6.45) is 0. The molecule has 0 aromatic heterocycles. The van der Waals surface area contributed by atoms with E-state index in [1.165, 1.54) is 18.2 Å². The topological polar surface area (TPSA) is 75.3 Å². The summed E-state index contributed by atoms with van der Waals surface area (Å²) >= 11 is 11.9. The number of anilines is 1. The SMILES string of the molecule is O=C(Nc1ccc(Cl)cc1)c1cc(S(=O)(=O)NCc2ccccc2)ccc1Cl. The van der Waals surface area contributed by atoms with E-state index in [4.69, 9.17) is 23.2 Å². The fraction of sp³-hybridized carbons (Fsp3) is 0.0500. The maximum Gasteiger partial charge on any atom is 0.257 e. The number of sulfonamides is 1. The first-order valence-electron chi connectivity index (χ1n) is 8.25. The van der Waals surface area contributed by atoms with Gasteiger partial charge in [-0.25, -0.2) is 13.1 Å². The quantitative estimate of drug-likeness (QED) is 0.588. The van der Waals surface area contributed by atoms with Crippen LogP contribution in [-0.4, -0.2) is 14.3 Å². The Morgan fingerprint density at radius 2 is 1.57 bits per heavy atom. The Balaban J connectivity index is 1.79. The number of benzene rings is 3. The normalized spacial score (nSPS) is 11.2. The molecule has 1 amide bonds. The molecule has 0 saturated heterocycles. The molecule has 5 nitrogen and oxygen atoms in total. The first kappa shape index (κ1) is 20.4. The van der Waals surface area contributed by atoms with Gasteiger partial charge in [-0.1, -0.05) is 53.5 Å². The highest BCUT2D eigenvalue weighted by Crippen LogP contribution is 2.22. The average molecular weight is 435 g/mol. The second kappa shape index (κ2) is 8.75. The summed E-state index contributed by atoms with van der Waals surface area (Å²) in [5.74, 6) is -0.521. The third kappa shape index (κ3) is 5.11. The molecule has 3 rings (SSSR count). The van der Waals surface area contributed by atoms with Gasteiger partial charge in [-0.2, -0.15) is 0 Å². The number of hydrogen-bond acceptors (Lipinski definition) is 3. The van der Waals surface area contributed by atoms with E-state index in [9.17, 15) is 13.2 Å². The molecule has 0 aliphatic heterocycles. The zero-order valence-corrected chi connectivity index (χ0v) is 16.9. The Labute approximate surface area is 173 Å². The Hall–Kier alpha value is -2.38. The van der Waals surface area contributed by atoms with Gasteiger partial charge in [-0.05, 0) is 48.0 Å². The van der Waals surface area contributed by atoms with Crippen molar-refractivity contribution in [1.29, 1.82) is 0 Å². The van der Waals surface area contributed by atoms with Gasteiger partial charge in [0.25, 0.3) is 5.91 Å². The smallest absolute Gasteiger partial charge is 0.257 e. The lowest BCUT2D eigenvalue weighted by Crippen LogP contribution is -2.24. The summed E-state index contributed by atoms with van der Waals surface area (Å²) in [5.41, 5.74) is 1.39. The minimum absolute atomic E-state index is 0.0471. The van der Waals surface area contributed by atoms with Gasteiger partial charge < -0.3 is 5.32 Å². The fourth-order valence-electron chi connectivity index (χ4n) is 2.43. The molecule has 0 atom stereocenters. The predicted octanol–water partition coefficient (Wildman–Crippen LogP) is 4.72. The molecule has 0 aliphatic rings. The monoisotopic (exact) mass is 434 g/mol.